The van der Waals surface area contributed by atoms with Gasteiger partial charge in [0.25, 0.3) is 0 Å². The Hall–Kier alpha value is -1.88. The van der Waals surface area contributed by atoms with Crippen molar-refractivity contribution in [1.82, 2.24) is 9.13 Å². The van der Waals surface area contributed by atoms with E-state index < -0.39 is 0 Å². The van der Waals surface area contributed by atoms with Crippen LogP contribution in [0.4, 0.5) is 0 Å². The zero-order valence-corrected chi connectivity index (χ0v) is 10.3. The van der Waals surface area contributed by atoms with E-state index >= 15 is 0 Å². The number of hydrogen-bond acceptors (Lipinski definition) is 2. The number of benzene rings is 1. The predicted octanol–water partition coefficient (Wildman–Crippen LogP) is 0.869. The Morgan fingerprint density at radius 3 is 2.41 bits per heavy atom. The molecule has 0 saturated carbocycles. The fourth-order valence-corrected chi connectivity index (χ4v) is 1.74. The first-order valence-corrected chi connectivity index (χ1v) is 5.59. The summed E-state index contributed by atoms with van der Waals surface area (Å²) in [4.78, 5) is 12.0. The second-order valence-corrected chi connectivity index (χ2v) is 4.32. The molecular formula is C12H13N3OS. The standard InChI is InChI=1S/C12H13N3OS/c1-14-6-7-15(12(14)16)8-9-2-4-10(5-3-9)11(13)17/h2-7H,8H2,1H3,(H2,13,17). The molecule has 1 aromatic heterocycles. The largest absolute Gasteiger partial charge is 0.389 e. The van der Waals surface area contributed by atoms with E-state index in [9.17, 15) is 4.79 Å². The maximum Gasteiger partial charge on any atom is 0.328 e. The molecule has 0 unspecified atom stereocenters. The Bertz CT molecular complexity index is 595. The van der Waals surface area contributed by atoms with Crippen LogP contribution in [0, 0.1) is 0 Å². The van der Waals surface area contributed by atoms with Crippen LogP contribution >= 0.6 is 12.2 Å². The number of hydrogen-bond donors (Lipinski definition) is 1. The van der Waals surface area contributed by atoms with Crippen molar-refractivity contribution in [2.75, 3.05) is 0 Å². The quantitative estimate of drug-likeness (QED) is 0.819. The molecule has 0 aliphatic carbocycles. The van der Waals surface area contributed by atoms with Gasteiger partial charge in [-0.05, 0) is 5.56 Å². The van der Waals surface area contributed by atoms with Crippen LogP contribution in [0.25, 0.3) is 0 Å². The van der Waals surface area contributed by atoms with Gasteiger partial charge in [-0.15, -0.1) is 0 Å². The number of imidazole rings is 1. The highest BCUT2D eigenvalue weighted by Crippen LogP contribution is 2.05. The third-order valence-electron chi connectivity index (χ3n) is 2.61. The first kappa shape index (κ1) is 11.6. The zero-order chi connectivity index (χ0) is 12.4. The number of nitrogens with zero attached hydrogens (tertiary/aromatic N) is 2. The van der Waals surface area contributed by atoms with Crippen molar-refractivity contribution < 1.29 is 0 Å². The highest BCUT2D eigenvalue weighted by Gasteiger charge is 2.01. The maximum absolute atomic E-state index is 11.6. The first-order valence-electron chi connectivity index (χ1n) is 5.18. The van der Waals surface area contributed by atoms with Crippen LogP contribution in [0.15, 0.2) is 41.5 Å². The lowest BCUT2D eigenvalue weighted by molar-refractivity contribution is 0.718. The van der Waals surface area contributed by atoms with Gasteiger partial charge in [0.1, 0.15) is 4.99 Å². The fourth-order valence-electron chi connectivity index (χ4n) is 1.60. The lowest BCUT2D eigenvalue weighted by atomic mass is 10.1. The molecule has 0 fully saturated rings. The smallest absolute Gasteiger partial charge is 0.328 e. The molecule has 2 N–H and O–H groups in total. The van der Waals surface area contributed by atoms with Crippen LogP contribution in [0.3, 0.4) is 0 Å². The molecule has 0 bridgehead atoms. The third-order valence-corrected chi connectivity index (χ3v) is 2.84. The van der Waals surface area contributed by atoms with Crippen LogP contribution in [0.1, 0.15) is 11.1 Å². The average molecular weight is 247 g/mol. The van der Waals surface area contributed by atoms with Crippen LogP contribution in [0.5, 0.6) is 0 Å². The summed E-state index contributed by atoms with van der Waals surface area (Å²) in [5.74, 6) is 0. The summed E-state index contributed by atoms with van der Waals surface area (Å²) < 4.78 is 3.19. The minimum Gasteiger partial charge on any atom is -0.389 e. The maximum atomic E-state index is 11.6. The number of thiocarbonyl (C=S) groups is 1. The second-order valence-electron chi connectivity index (χ2n) is 3.88. The van der Waals surface area contributed by atoms with Gasteiger partial charge in [0, 0.05) is 25.0 Å². The Morgan fingerprint density at radius 1 is 1.29 bits per heavy atom. The van der Waals surface area contributed by atoms with Crippen molar-refractivity contribution in [3.8, 4) is 0 Å². The highest BCUT2D eigenvalue weighted by molar-refractivity contribution is 7.80. The van der Waals surface area contributed by atoms with E-state index in [1.165, 1.54) is 0 Å². The molecule has 0 amide bonds. The lowest BCUT2D eigenvalue weighted by Crippen LogP contribution is -2.22. The second kappa shape index (κ2) is 4.55. The molecular weight excluding hydrogens is 234 g/mol. The van der Waals surface area contributed by atoms with Gasteiger partial charge in [-0.25, -0.2) is 4.79 Å². The van der Waals surface area contributed by atoms with E-state index in [2.05, 4.69) is 0 Å². The third kappa shape index (κ3) is 2.45. The summed E-state index contributed by atoms with van der Waals surface area (Å²) in [7, 11) is 1.73. The minimum atomic E-state index is -0.0246. The molecule has 88 valence electrons. The van der Waals surface area contributed by atoms with Gasteiger partial charge in [0.2, 0.25) is 0 Å². The molecule has 0 saturated heterocycles. The van der Waals surface area contributed by atoms with Crippen molar-refractivity contribution in [2.45, 2.75) is 6.54 Å². The van der Waals surface area contributed by atoms with Gasteiger partial charge >= 0.3 is 5.69 Å². The molecule has 17 heavy (non-hydrogen) atoms. The number of rotatable bonds is 3. The van der Waals surface area contributed by atoms with Crippen LogP contribution < -0.4 is 11.4 Å². The Kier molecular flexibility index (Phi) is 3.10. The number of nitrogens with two attached hydrogens (primary N) is 1. The van der Waals surface area contributed by atoms with E-state index in [1.54, 1.807) is 28.6 Å². The topological polar surface area (TPSA) is 52.9 Å². The van der Waals surface area contributed by atoms with E-state index in [1.807, 2.05) is 24.3 Å². The van der Waals surface area contributed by atoms with Crippen LogP contribution in [0.2, 0.25) is 0 Å². The molecule has 1 aromatic carbocycles. The molecule has 0 aliphatic rings. The van der Waals surface area contributed by atoms with Crippen molar-refractivity contribution in [3.05, 3.63) is 58.3 Å². The van der Waals surface area contributed by atoms with Gasteiger partial charge < -0.3 is 10.3 Å². The van der Waals surface area contributed by atoms with Gasteiger partial charge in [0.15, 0.2) is 0 Å². The molecule has 4 nitrogen and oxygen atoms in total. The zero-order valence-electron chi connectivity index (χ0n) is 9.46. The number of aryl methyl sites for hydroxylation is 1. The SMILES string of the molecule is Cn1ccn(Cc2ccc(C(N)=S)cc2)c1=O. The molecule has 0 atom stereocenters. The fraction of sp³-hybridized carbons (Fsp3) is 0.167. The van der Waals surface area contributed by atoms with Crippen molar-refractivity contribution in [2.24, 2.45) is 12.8 Å². The van der Waals surface area contributed by atoms with Crippen LogP contribution in [-0.4, -0.2) is 14.1 Å². The molecule has 1 heterocycles. The predicted molar refractivity (Wildman–Crippen MR) is 71.1 cm³/mol. The van der Waals surface area contributed by atoms with Gasteiger partial charge in [-0.2, -0.15) is 0 Å². The molecule has 0 radical (unpaired) electrons. The van der Waals surface area contributed by atoms with E-state index in [4.69, 9.17) is 18.0 Å². The summed E-state index contributed by atoms with van der Waals surface area (Å²) in [5, 5.41) is 0. The van der Waals surface area contributed by atoms with Crippen LogP contribution in [-0.2, 0) is 13.6 Å². The Balaban J connectivity index is 2.22. The van der Waals surface area contributed by atoms with E-state index in [0.29, 0.717) is 11.5 Å². The molecule has 2 rings (SSSR count). The minimum absolute atomic E-state index is 0.0246. The molecule has 0 aliphatic heterocycles. The Morgan fingerprint density at radius 2 is 1.94 bits per heavy atom. The van der Waals surface area contributed by atoms with Gasteiger partial charge in [-0.3, -0.25) is 4.57 Å². The normalized spacial score (nSPS) is 10.4. The van der Waals surface area contributed by atoms with Crippen molar-refractivity contribution in [1.29, 1.82) is 0 Å². The van der Waals surface area contributed by atoms with Crippen molar-refractivity contribution in [3.63, 3.8) is 0 Å². The van der Waals surface area contributed by atoms with E-state index in [-0.39, 0.29) is 5.69 Å². The monoisotopic (exact) mass is 247 g/mol. The highest BCUT2D eigenvalue weighted by atomic mass is 32.1. The lowest BCUT2D eigenvalue weighted by Gasteiger charge is -2.03. The first-order chi connectivity index (χ1) is 8.08. The summed E-state index contributed by atoms with van der Waals surface area (Å²) in [5.41, 5.74) is 7.37. The summed E-state index contributed by atoms with van der Waals surface area (Å²) in [6, 6.07) is 7.58. The summed E-state index contributed by atoms with van der Waals surface area (Å²) in [6.45, 7) is 0.553. The molecule has 5 heteroatoms. The van der Waals surface area contributed by atoms with Gasteiger partial charge in [0.05, 0.1) is 6.54 Å². The molecule has 0 spiro atoms. The molecule has 2 aromatic rings. The van der Waals surface area contributed by atoms with Gasteiger partial charge in [-0.1, -0.05) is 36.5 Å². The van der Waals surface area contributed by atoms with E-state index in [0.717, 1.165) is 11.1 Å². The summed E-state index contributed by atoms with van der Waals surface area (Å²) >= 11 is 4.88. The number of aromatic nitrogens is 2. The Labute approximate surface area is 104 Å². The van der Waals surface area contributed by atoms with Crippen molar-refractivity contribution >= 4 is 17.2 Å². The summed E-state index contributed by atoms with van der Waals surface area (Å²) in [6.07, 6.45) is 3.51. The average Bonchev–Trinajstić information content (AvgIpc) is 2.62.